The minimum absolute atomic E-state index is 0.127. The fourth-order valence-corrected chi connectivity index (χ4v) is 2.46. The number of hydrogen-bond acceptors (Lipinski definition) is 7. The summed E-state index contributed by atoms with van der Waals surface area (Å²) in [6.07, 6.45) is 1.88. The molecule has 0 amide bonds. The van der Waals surface area contributed by atoms with Gasteiger partial charge >= 0.3 is 5.97 Å². The van der Waals surface area contributed by atoms with E-state index in [0.717, 1.165) is 0 Å². The third-order valence-corrected chi connectivity index (χ3v) is 4.01. The van der Waals surface area contributed by atoms with Crippen molar-refractivity contribution in [1.82, 2.24) is 10.2 Å². The molecular formula is C21H19FN2O5. The Bertz CT molecular complexity index is 1010. The summed E-state index contributed by atoms with van der Waals surface area (Å²) in [6, 6.07) is 11.5. The number of carbonyl (C=O) groups is 1. The maximum Gasteiger partial charge on any atom is 0.331 e. The first-order chi connectivity index (χ1) is 14.0. The van der Waals surface area contributed by atoms with Crippen molar-refractivity contribution in [3.8, 4) is 23.0 Å². The van der Waals surface area contributed by atoms with Crippen LogP contribution in [0.2, 0.25) is 0 Å². The van der Waals surface area contributed by atoms with E-state index in [9.17, 15) is 9.18 Å². The quantitative estimate of drug-likeness (QED) is 0.435. The monoisotopic (exact) mass is 398 g/mol. The van der Waals surface area contributed by atoms with Gasteiger partial charge in [-0.1, -0.05) is 6.07 Å². The Hall–Kier alpha value is -3.68. The lowest BCUT2D eigenvalue weighted by Crippen LogP contribution is -2.06. The number of methoxy groups -OCH3 is 2. The second kappa shape index (κ2) is 9.01. The van der Waals surface area contributed by atoms with E-state index in [1.165, 1.54) is 31.4 Å². The molecule has 0 aliphatic carbocycles. The molecule has 29 heavy (non-hydrogen) atoms. The van der Waals surface area contributed by atoms with E-state index in [1.54, 1.807) is 44.4 Å². The van der Waals surface area contributed by atoms with Crippen LogP contribution in [0.3, 0.4) is 0 Å². The first kappa shape index (κ1) is 20.1. The normalized spacial score (nSPS) is 12.0. The summed E-state index contributed by atoms with van der Waals surface area (Å²) < 4.78 is 34.5. The van der Waals surface area contributed by atoms with Crippen molar-refractivity contribution in [2.24, 2.45) is 0 Å². The van der Waals surface area contributed by atoms with E-state index in [1.807, 2.05) is 0 Å². The molecule has 7 nitrogen and oxygen atoms in total. The molecule has 0 spiro atoms. The molecule has 3 rings (SSSR count). The zero-order valence-electron chi connectivity index (χ0n) is 16.1. The van der Waals surface area contributed by atoms with Crippen LogP contribution < -0.4 is 9.47 Å². The average molecular weight is 398 g/mol. The predicted octanol–water partition coefficient (Wildman–Crippen LogP) is 4.21. The number of rotatable bonds is 7. The van der Waals surface area contributed by atoms with Crippen LogP contribution in [0.25, 0.3) is 17.5 Å². The molecule has 1 atom stereocenters. The van der Waals surface area contributed by atoms with Gasteiger partial charge in [0.05, 0.1) is 14.2 Å². The van der Waals surface area contributed by atoms with Gasteiger partial charge in [-0.05, 0) is 55.0 Å². The second-order valence-corrected chi connectivity index (χ2v) is 5.98. The van der Waals surface area contributed by atoms with Gasteiger partial charge in [-0.3, -0.25) is 0 Å². The average Bonchev–Trinajstić information content (AvgIpc) is 3.23. The van der Waals surface area contributed by atoms with Crippen LogP contribution in [0, 0.1) is 5.82 Å². The highest BCUT2D eigenvalue weighted by atomic mass is 19.1. The van der Waals surface area contributed by atoms with Gasteiger partial charge in [0.2, 0.25) is 5.89 Å². The van der Waals surface area contributed by atoms with E-state index < -0.39 is 17.9 Å². The zero-order chi connectivity index (χ0) is 20.8. The number of halogens is 1. The standard InChI is InChI=1S/C21H19FN2O5/c1-13(20-23-24-21(29-20)15-6-8-16(26-2)9-7-15)28-19(25)11-5-14-4-10-18(27-3)17(22)12-14/h4-13H,1-3H3/b11-5+/t13-/m0/s1. The second-order valence-electron chi connectivity index (χ2n) is 5.98. The fourth-order valence-electron chi connectivity index (χ4n) is 2.46. The first-order valence-electron chi connectivity index (χ1n) is 8.70. The largest absolute Gasteiger partial charge is 0.497 e. The Morgan fingerprint density at radius 2 is 1.86 bits per heavy atom. The Kier molecular flexibility index (Phi) is 6.23. The van der Waals surface area contributed by atoms with Crippen molar-refractivity contribution in [3.63, 3.8) is 0 Å². The molecule has 0 bridgehead atoms. The van der Waals surface area contributed by atoms with Crippen LogP contribution >= 0.6 is 0 Å². The maximum atomic E-state index is 13.7. The van der Waals surface area contributed by atoms with Crippen LogP contribution in [0.4, 0.5) is 4.39 Å². The minimum Gasteiger partial charge on any atom is -0.497 e. The van der Waals surface area contributed by atoms with Crippen LogP contribution in [0.15, 0.2) is 53.0 Å². The van der Waals surface area contributed by atoms with E-state index in [0.29, 0.717) is 22.8 Å². The zero-order valence-corrected chi connectivity index (χ0v) is 16.1. The summed E-state index contributed by atoms with van der Waals surface area (Å²) in [4.78, 5) is 12.0. The molecule has 8 heteroatoms. The van der Waals surface area contributed by atoms with E-state index in [4.69, 9.17) is 18.6 Å². The minimum atomic E-state index is -0.751. The summed E-state index contributed by atoms with van der Waals surface area (Å²) in [7, 11) is 2.96. The lowest BCUT2D eigenvalue weighted by molar-refractivity contribution is -0.143. The molecule has 150 valence electrons. The third-order valence-electron chi connectivity index (χ3n) is 4.01. The smallest absolute Gasteiger partial charge is 0.331 e. The molecule has 0 radical (unpaired) electrons. The molecule has 0 saturated heterocycles. The summed E-state index contributed by atoms with van der Waals surface area (Å²) in [5, 5.41) is 7.89. The topological polar surface area (TPSA) is 83.7 Å². The SMILES string of the molecule is COc1ccc(-c2nnc([C@H](C)OC(=O)/C=C/c3ccc(OC)c(F)c3)o2)cc1. The first-order valence-corrected chi connectivity index (χ1v) is 8.70. The van der Waals surface area contributed by atoms with E-state index >= 15 is 0 Å². The number of benzene rings is 2. The molecule has 0 fully saturated rings. The van der Waals surface area contributed by atoms with Crippen molar-refractivity contribution in [1.29, 1.82) is 0 Å². The van der Waals surface area contributed by atoms with Crippen LogP contribution in [-0.2, 0) is 9.53 Å². The molecule has 0 unspecified atom stereocenters. The Labute approximate surface area is 166 Å². The molecule has 0 N–H and O–H groups in total. The van der Waals surface area contributed by atoms with Gasteiger partial charge in [-0.15, -0.1) is 10.2 Å². The van der Waals surface area contributed by atoms with Gasteiger partial charge in [0.1, 0.15) is 5.75 Å². The number of ether oxygens (including phenoxy) is 3. The molecule has 3 aromatic rings. The molecule has 1 heterocycles. The van der Waals surface area contributed by atoms with E-state index in [-0.39, 0.29) is 11.6 Å². The highest BCUT2D eigenvalue weighted by Gasteiger charge is 2.18. The number of aromatic nitrogens is 2. The van der Waals surface area contributed by atoms with Gasteiger partial charge in [0, 0.05) is 11.6 Å². The maximum absolute atomic E-state index is 13.7. The number of hydrogen-bond donors (Lipinski definition) is 0. The van der Waals surface area contributed by atoms with Crippen molar-refractivity contribution in [3.05, 3.63) is 65.8 Å². The van der Waals surface area contributed by atoms with Gasteiger partial charge in [-0.2, -0.15) is 0 Å². The van der Waals surface area contributed by atoms with Crippen molar-refractivity contribution < 1.29 is 27.8 Å². The van der Waals surface area contributed by atoms with Crippen molar-refractivity contribution in [2.75, 3.05) is 14.2 Å². The number of esters is 1. The highest BCUT2D eigenvalue weighted by Crippen LogP contribution is 2.24. The molecule has 2 aromatic carbocycles. The van der Waals surface area contributed by atoms with Gasteiger partial charge < -0.3 is 18.6 Å². The lowest BCUT2D eigenvalue weighted by atomic mass is 10.2. The summed E-state index contributed by atoms with van der Waals surface area (Å²) in [6.45, 7) is 1.62. The molecule has 0 aliphatic heterocycles. The van der Waals surface area contributed by atoms with Crippen LogP contribution in [0.5, 0.6) is 11.5 Å². The number of carbonyl (C=O) groups excluding carboxylic acids is 1. The molecule has 1 aromatic heterocycles. The van der Waals surface area contributed by atoms with Gasteiger partial charge in [-0.25, -0.2) is 9.18 Å². The van der Waals surface area contributed by atoms with Gasteiger partial charge in [0.25, 0.3) is 5.89 Å². The molecule has 0 saturated carbocycles. The van der Waals surface area contributed by atoms with Gasteiger partial charge in [0.15, 0.2) is 17.7 Å². The summed E-state index contributed by atoms with van der Waals surface area (Å²) >= 11 is 0. The van der Waals surface area contributed by atoms with Crippen molar-refractivity contribution in [2.45, 2.75) is 13.0 Å². The third kappa shape index (κ3) is 4.98. The van der Waals surface area contributed by atoms with E-state index in [2.05, 4.69) is 10.2 Å². The molecule has 0 aliphatic rings. The molecular weight excluding hydrogens is 379 g/mol. The summed E-state index contributed by atoms with van der Waals surface area (Å²) in [5.41, 5.74) is 1.21. The Balaban J connectivity index is 1.62. The Morgan fingerprint density at radius 3 is 2.52 bits per heavy atom. The highest BCUT2D eigenvalue weighted by molar-refractivity contribution is 5.87. The van der Waals surface area contributed by atoms with Crippen molar-refractivity contribution >= 4 is 12.0 Å². The summed E-state index contributed by atoms with van der Waals surface area (Å²) in [5.74, 6) is 0.149. The Morgan fingerprint density at radius 1 is 1.10 bits per heavy atom. The number of nitrogens with zero attached hydrogens (tertiary/aromatic N) is 2. The van der Waals surface area contributed by atoms with Crippen LogP contribution in [0.1, 0.15) is 24.5 Å². The lowest BCUT2D eigenvalue weighted by Gasteiger charge is -2.07. The van der Waals surface area contributed by atoms with Crippen LogP contribution in [-0.4, -0.2) is 30.4 Å². The predicted molar refractivity (Wildman–Crippen MR) is 103 cm³/mol. The fraction of sp³-hybridized carbons (Fsp3) is 0.190.